The van der Waals surface area contributed by atoms with E-state index in [-0.39, 0.29) is 12.1 Å². The molecule has 0 fully saturated rings. The third-order valence-electron chi connectivity index (χ3n) is 3.27. The molecule has 3 rings (SSSR count). The molecule has 0 aliphatic heterocycles. The van der Waals surface area contributed by atoms with Gasteiger partial charge in [0.05, 0.1) is 28.2 Å². The molecule has 1 amide bonds. The summed E-state index contributed by atoms with van der Waals surface area (Å²) in [6, 6.07) is 7.35. The Morgan fingerprint density at radius 2 is 2.25 bits per heavy atom. The van der Waals surface area contributed by atoms with Gasteiger partial charge in [-0.25, -0.2) is 4.98 Å². The number of aromatic nitrogens is 2. The van der Waals surface area contributed by atoms with E-state index < -0.39 is 22.3 Å². The van der Waals surface area contributed by atoms with Crippen molar-refractivity contribution in [2.75, 3.05) is 0 Å². The first kappa shape index (κ1) is 15.7. The van der Waals surface area contributed by atoms with Crippen LogP contribution in [0.3, 0.4) is 0 Å². The summed E-state index contributed by atoms with van der Waals surface area (Å²) in [5.41, 5.74) is 0.430. The van der Waals surface area contributed by atoms with Gasteiger partial charge in [-0.05, 0) is 23.6 Å². The second-order valence-electron chi connectivity index (χ2n) is 4.86. The molecular formula is C15H12N4O4S. The molecule has 122 valence electrons. The van der Waals surface area contributed by atoms with E-state index in [0.717, 1.165) is 22.7 Å². The number of hydrogen-bond donors (Lipinski definition) is 3. The molecule has 2 aromatic heterocycles. The van der Waals surface area contributed by atoms with Gasteiger partial charge in [0.15, 0.2) is 5.75 Å². The van der Waals surface area contributed by atoms with E-state index >= 15 is 0 Å². The first-order chi connectivity index (χ1) is 11.5. The van der Waals surface area contributed by atoms with Gasteiger partial charge in [0.1, 0.15) is 5.82 Å². The predicted octanol–water partition coefficient (Wildman–Crippen LogP) is 2.68. The monoisotopic (exact) mass is 344 g/mol. The summed E-state index contributed by atoms with van der Waals surface area (Å²) < 4.78 is 0. The number of phenolic OH excluding ortho intramolecular Hbond substituents is 1. The molecule has 9 heteroatoms. The van der Waals surface area contributed by atoms with Crippen LogP contribution in [0.4, 0.5) is 5.69 Å². The minimum atomic E-state index is -0.744. The summed E-state index contributed by atoms with van der Waals surface area (Å²) >= 11 is 1.57. The number of H-pyrrole nitrogens is 1. The molecule has 1 aromatic carbocycles. The van der Waals surface area contributed by atoms with Crippen molar-refractivity contribution in [2.24, 2.45) is 0 Å². The normalized spacial score (nSPS) is 10.5. The van der Waals surface area contributed by atoms with Gasteiger partial charge in [0.25, 0.3) is 5.91 Å². The maximum Gasteiger partial charge on any atom is 0.311 e. The van der Waals surface area contributed by atoms with E-state index in [0.29, 0.717) is 5.82 Å². The lowest BCUT2D eigenvalue weighted by Gasteiger charge is -2.04. The third kappa shape index (κ3) is 3.25. The Morgan fingerprint density at radius 3 is 2.96 bits per heavy atom. The van der Waals surface area contributed by atoms with Crippen LogP contribution in [0.25, 0.3) is 10.6 Å². The van der Waals surface area contributed by atoms with Crippen molar-refractivity contribution in [1.82, 2.24) is 15.3 Å². The fourth-order valence-corrected chi connectivity index (χ4v) is 2.78. The zero-order valence-electron chi connectivity index (χ0n) is 12.2. The third-order valence-corrected chi connectivity index (χ3v) is 4.17. The molecule has 3 aromatic rings. The van der Waals surface area contributed by atoms with Crippen LogP contribution >= 0.6 is 11.3 Å². The number of nitro groups is 1. The molecule has 0 atom stereocenters. The van der Waals surface area contributed by atoms with Gasteiger partial charge in [-0.2, -0.15) is 0 Å². The standard InChI is InChI=1S/C15H12N4O4S/c20-12-4-3-9(6-11(12)19(22)23)15(21)17-8-14-16-7-10(18-14)13-2-1-5-24-13/h1-7,20H,8H2,(H,16,18)(H,17,21). The van der Waals surface area contributed by atoms with Crippen LogP contribution < -0.4 is 5.32 Å². The maximum absolute atomic E-state index is 12.1. The number of nitrogens with zero attached hydrogens (tertiary/aromatic N) is 2. The zero-order valence-corrected chi connectivity index (χ0v) is 13.0. The molecule has 0 unspecified atom stereocenters. The summed E-state index contributed by atoms with van der Waals surface area (Å²) in [5.74, 6) is -0.407. The fourth-order valence-electron chi connectivity index (χ4n) is 2.09. The second kappa shape index (κ2) is 6.50. The summed E-state index contributed by atoms with van der Waals surface area (Å²) in [4.78, 5) is 30.5. The van der Waals surface area contributed by atoms with Crippen LogP contribution in [0.2, 0.25) is 0 Å². The van der Waals surface area contributed by atoms with E-state index in [9.17, 15) is 20.0 Å². The maximum atomic E-state index is 12.1. The highest BCUT2D eigenvalue weighted by molar-refractivity contribution is 7.13. The quantitative estimate of drug-likeness (QED) is 0.485. The highest BCUT2D eigenvalue weighted by Gasteiger charge is 2.17. The fraction of sp³-hybridized carbons (Fsp3) is 0.0667. The summed E-state index contributed by atoms with van der Waals surface area (Å²) in [5, 5.41) is 24.8. The molecule has 2 heterocycles. The Hall–Kier alpha value is -3.20. The largest absolute Gasteiger partial charge is 0.502 e. The number of aromatic amines is 1. The highest BCUT2D eigenvalue weighted by atomic mass is 32.1. The van der Waals surface area contributed by atoms with E-state index in [1.807, 2.05) is 17.5 Å². The molecule has 0 bridgehead atoms. The minimum absolute atomic E-state index is 0.0875. The SMILES string of the molecule is O=C(NCc1ncc(-c2cccs2)[nH]1)c1ccc(O)c([N+](=O)[O-])c1. The van der Waals surface area contributed by atoms with Gasteiger partial charge in [0.2, 0.25) is 0 Å². The number of carbonyl (C=O) groups excluding carboxylic acids is 1. The lowest BCUT2D eigenvalue weighted by Crippen LogP contribution is -2.23. The molecular weight excluding hydrogens is 332 g/mol. The highest BCUT2D eigenvalue weighted by Crippen LogP contribution is 2.26. The molecule has 0 spiro atoms. The number of phenols is 1. The zero-order chi connectivity index (χ0) is 17.1. The lowest BCUT2D eigenvalue weighted by atomic mass is 10.1. The topological polar surface area (TPSA) is 121 Å². The van der Waals surface area contributed by atoms with Crippen LogP contribution in [0.5, 0.6) is 5.75 Å². The number of thiophene rings is 1. The number of carbonyl (C=O) groups is 1. The smallest absolute Gasteiger partial charge is 0.311 e. The number of aromatic hydroxyl groups is 1. The summed E-state index contributed by atoms with van der Waals surface area (Å²) in [6.45, 7) is 0.152. The molecule has 8 nitrogen and oxygen atoms in total. The molecule has 0 aliphatic carbocycles. The number of nitro benzene ring substituents is 1. The van der Waals surface area contributed by atoms with Crippen LogP contribution in [-0.4, -0.2) is 25.9 Å². The van der Waals surface area contributed by atoms with Gasteiger partial charge in [-0.1, -0.05) is 6.07 Å². The van der Waals surface area contributed by atoms with Crippen molar-refractivity contribution in [3.8, 4) is 16.3 Å². The van der Waals surface area contributed by atoms with Crippen molar-refractivity contribution in [3.63, 3.8) is 0 Å². The average molecular weight is 344 g/mol. The number of imidazole rings is 1. The number of hydrogen-bond acceptors (Lipinski definition) is 6. The molecule has 0 saturated carbocycles. The van der Waals surface area contributed by atoms with Crippen LogP contribution in [0.1, 0.15) is 16.2 Å². The Bertz CT molecular complexity index is 889. The number of benzene rings is 1. The molecule has 3 N–H and O–H groups in total. The number of amides is 1. The van der Waals surface area contributed by atoms with Crippen LogP contribution in [0, 0.1) is 10.1 Å². The van der Waals surface area contributed by atoms with E-state index in [1.165, 1.54) is 6.07 Å². The van der Waals surface area contributed by atoms with Gasteiger partial charge >= 0.3 is 5.69 Å². The van der Waals surface area contributed by atoms with Gasteiger partial charge in [-0.3, -0.25) is 14.9 Å². The van der Waals surface area contributed by atoms with Crippen molar-refractivity contribution in [1.29, 1.82) is 0 Å². The van der Waals surface area contributed by atoms with Crippen molar-refractivity contribution in [3.05, 3.63) is 63.4 Å². The predicted molar refractivity (Wildman–Crippen MR) is 87.8 cm³/mol. The van der Waals surface area contributed by atoms with Crippen molar-refractivity contribution in [2.45, 2.75) is 6.54 Å². The Balaban J connectivity index is 1.68. The average Bonchev–Trinajstić information content (AvgIpc) is 3.24. The molecule has 0 radical (unpaired) electrons. The molecule has 24 heavy (non-hydrogen) atoms. The Morgan fingerprint density at radius 1 is 1.42 bits per heavy atom. The number of rotatable bonds is 5. The van der Waals surface area contributed by atoms with Gasteiger partial charge in [0, 0.05) is 11.6 Å². The van der Waals surface area contributed by atoms with Crippen LogP contribution in [-0.2, 0) is 6.54 Å². The Kier molecular flexibility index (Phi) is 4.25. The lowest BCUT2D eigenvalue weighted by molar-refractivity contribution is -0.385. The molecule has 0 aliphatic rings. The Labute approximate surface area is 140 Å². The van der Waals surface area contributed by atoms with E-state index in [1.54, 1.807) is 17.5 Å². The van der Waals surface area contributed by atoms with Gasteiger partial charge < -0.3 is 15.4 Å². The van der Waals surface area contributed by atoms with Crippen molar-refractivity contribution < 1.29 is 14.8 Å². The second-order valence-corrected chi connectivity index (χ2v) is 5.81. The number of nitrogens with one attached hydrogen (secondary N) is 2. The molecule has 0 saturated heterocycles. The van der Waals surface area contributed by atoms with Crippen LogP contribution in [0.15, 0.2) is 41.9 Å². The minimum Gasteiger partial charge on any atom is -0.502 e. The first-order valence-electron chi connectivity index (χ1n) is 6.88. The van der Waals surface area contributed by atoms with Gasteiger partial charge in [-0.15, -0.1) is 11.3 Å². The van der Waals surface area contributed by atoms with E-state index in [2.05, 4.69) is 15.3 Å². The summed E-state index contributed by atoms with van der Waals surface area (Å²) in [6.07, 6.45) is 1.68. The first-order valence-corrected chi connectivity index (χ1v) is 7.76. The summed E-state index contributed by atoms with van der Waals surface area (Å²) in [7, 11) is 0. The van der Waals surface area contributed by atoms with Crippen molar-refractivity contribution >= 4 is 22.9 Å². The van der Waals surface area contributed by atoms with E-state index in [4.69, 9.17) is 0 Å².